The molecule has 1 amide bonds. The van der Waals surface area contributed by atoms with Crippen LogP contribution in [0.1, 0.15) is 16.7 Å². The quantitative estimate of drug-likeness (QED) is 0.642. The molecule has 0 spiro atoms. The highest BCUT2D eigenvalue weighted by Crippen LogP contribution is 2.28. The minimum absolute atomic E-state index is 0.206. The van der Waals surface area contributed by atoms with Crippen molar-refractivity contribution in [3.05, 3.63) is 70.6 Å². The molecule has 2 aromatic carbocycles. The van der Waals surface area contributed by atoms with Gasteiger partial charge in [-0.1, -0.05) is 35.9 Å². The van der Waals surface area contributed by atoms with E-state index in [2.05, 4.69) is 42.3 Å². The smallest absolute Gasteiger partial charge is 0.250 e. The van der Waals surface area contributed by atoms with Gasteiger partial charge in [0.1, 0.15) is 5.75 Å². The van der Waals surface area contributed by atoms with Crippen LogP contribution in [0.3, 0.4) is 0 Å². The minimum Gasteiger partial charge on any atom is -0.497 e. The zero-order valence-corrected chi connectivity index (χ0v) is 15.8. The number of hydrogen-bond acceptors (Lipinski definition) is 4. The van der Waals surface area contributed by atoms with Crippen molar-refractivity contribution in [3.8, 4) is 17.0 Å². The Bertz CT molecular complexity index is 943. The molecule has 0 aliphatic heterocycles. The van der Waals surface area contributed by atoms with Gasteiger partial charge in [-0.15, -0.1) is 11.3 Å². The van der Waals surface area contributed by atoms with Gasteiger partial charge in [-0.2, -0.15) is 0 Å². The molecule has 5 heteroatoms. The monoisotopic (exact) mass is 364 g/mol. The molecule has 3 rings (SSSR count). The lowest BCUT2D eigenvalue weighted by Gasteiger charge is -2.03. The van der Waals surface area contributed by atoms with Crippen LogP contribution in [0.25, 0.3) is 17.3 Å². The fourth-order valence-corrected chi connectivity index (χ4v) is 3.30. The first kappa shape index (κ1) is 17.9. The van der Waals surface area contributed by atoms with Crippen molar-refractivity contribution in [2.45, 2.75) is 13.8 Å². The number of benzene rings is 2. The summed E-state index contributed by atoms with van der Waals surface area (Å²) >= 11 is 1.42. The van der Waals surface area contributed by atoms with Gasteiger partial charge in [0.15, 0.2) is 5.13 Å². The number of nitrogens with zero attached hydrogens (tertiary/aromatic N) is 1. The fourth-order valence-electron chi connectivity index (χ4n) is 2.59. The SMILES string of the molecule is COc1ccc(/C=C/C(=O)Nc2nc(-c3ccc(C)cc3C)cs2)cc1. The molecule has 0 bridgehead atoms. The zero-order chi connectivity index (χ0) is 18.5. The highest BCUT2D eigenvalue weighted by molar-refractivity contribution is 7.14. The van der Waals surface area contributed by atoms with E-state index in [1.54, 1.807) is 13.2 Å². The van der Waals surface area contributed by atoms with Crippen molar-refractivity contribution >= 4 is 28.5 Å². The van der Waals surface area contributed by atoms with Crippen LogP contribution < -0.4 is 10.1 Å². The molecule has 0 radical (unpaired) electrons. The molecule has 1 N–H and O–H groups in total. The lowest BCUT2D eigenvalue weighted by Crippen LogP contribution is -2.07. The first-order chi connectivity index (χ1) is 12.5. The van der Waals surface area contributed by atoms with Crippen molar-refractivity contribution < 1.29 is 9.53 Å². The van der Waals surface area contributed by atoms with Crippen molar-refractivity contribution in [2.24, 2.45) is 0 Å². The first-order valence-corrected chi connectivity index (χ1v) is 9.09. The fraction of sp³-hybridized carbons (Fsp3) is 0.143. The Hall–Kier alpha value is -2.92. The molecular weight excluding hydrogens is 344 g/mol. The predicted molar refractivity (Wildman–Crippen MR) is 108 cm³/mol. The first-order valence-electron chi connectivity index (χ1n) is 8.21. The highest BCUT2D eigenvalue weighted by atomic mass is 32.1. The van der Waals surface area contributed by atoms with Gasteiger partial charge in [0.2, 0.25) is 5.91 Å². The Morgan fingerprint density at radius 1 is 1.15 bits per heavy atom. The normalized spacial score (nSPS) is 10.9. The van der Waals surface area contributed by atoms with Crippen molar-refractivity contribution in [1.29, 1.82) is 0 Å². The van der Waals surface area contributed by atoms with Gasteiger partial charge >= 0.3 is 0 Å². The summed E-state index contributed by atoms with van der Waals surface area (Å²) in [6.45, 7) is 4.14. The van der Waals surface area contributed by atoms with E-state index in [0.717, 1.165) is 22.6 Å². The predicted octanol–water partition coefficient (Wildman–Crippen LogP) is 5.09. The van der Waals surface area contributed by atoms with Crippen LogP contribution in [0.4, 0.5) is 5.13 Å². The summed E-state index contributed by atoms with van der Waals surface area (Å²) in [6.07, 6.45) is 3.26. The zero-order valence-electron chi connectivity index (χ0n) is 14.9. The Morgan fingerprint density at radius 2 is 1.92 bits per heavy atom. The molecule has 26 heavy (non-hydrogen) atoms. The van der Waals surface area contributed by atoms with E-state index < -0.39 is 0 Å². The molecule has 1 aromatic heterocycles. The van der Waals surface area contributed by atoms with E-state index in [4.69, 9.17) is 4.74 Å². The second-order valence-corrected chi connectivity index (χ2v) is 6.81. The number of methoxy groups -OCH3 is 1. The van der Waals surface area contributed by atoms with Gasteiger partial charge in [0, 0.05) is 17.0 Å². The average molecular weight is 364 g/mol. The number of amides is 1. The summed E-state index contributed by atoms with van der Waals surface area (Å²) in [7, 11) is 1.62. The third-order valence-electron chi connectivity index (χ3n) is 3.94. The van der Waals surface area contributed by atoms with Crippen LogP contribution in [0.5, 0.6) is 5.75 Å². The average Bonchev–Trinajstić information content (AvgIpc) is 3.08. The summed E-state index contributed by atoms with van der Waals surface area (Å²) in [5.74, 6) is 0.579. The molecular formula is C21H20N2O2S. The maximum atomic E-state index is 12.1. The number of anilines is 1. The van der Waals surface area contributed by atoms with Crippen molar-refractivity contribution in [3.63, 3.8) is 0 Å². The van der Waals surface area contributed by atoms with Crippen molar-refractivity contribution in [1.82, 2.24) is 4.98 Å². The number of nitrogens with one attached hydrogen (secondary N) is 1. The van der Waals surface area contributed by atoms with Gasteiger partial charge < -0.3 is 4.74 Å². The van der Waals surface area contributed by atoms with E-state index in [1.165, 1.54) is 28.5 Å². The highest BCUT2D eigenvalue weighted by Gasteiger charge is 2.08. The minimum atomic E-state index is -0.206. The van der Waals surface area contributed by atoms with E-state index >= 15 is 0 Å². The summed E-state index contributed by atoms with van der Waals surface area (Å²) < 4.78 is 5.12. The van der Waals surface area contributed by atoms with Crippen LogP contribution in [0, 0.1) is 13.8 Å². The van der Waals surface area contributed by atoms with Gasteiger partial charge in [0.25, 0.3) is 0 Å². The lowest BCUT2D eigenvalue weighted by molar-refractivity contribution is -0.111. The topological polar surface area (TPSA) is 51.2 Å². The number of aromatic nitrogens is 1. The van der Waals surface area contributed by atoms with Gasteiger partial charge in [-0.25, -0.2) is 4.98 Å². The van der Waals surface area contributed by atoms with E-state index in [0.29, 0.717) is 5.13 Å². The van der Waals surface area contributed by atoms with Gasteiger partial charge in [-0.3, -0.25) is 10.1 Å². The molecule has 1 heterocycles. The molecule has 0 aliphatic rings. The van der Waals surface area contributed by atoms with Crippen LogP contribution in [-0.4, -0.2) is 18.0 Å². The number of carbonyl (C=O) groups excluding carboxylic acids is 1. The standard InChI is InChI=1S/C21H20N2O2S/c1-14-4-10-18(15(2)12-14)19-13-26-21(22-19)23-20(24)11-7-16-5-8-17(25-3)9-6-16/h4-13H,1-3H3,(H,22,23,24)/b11-7+. The third kappa shape index (κ3) is 4.37. The number of thiazole rings is 1. The summed E-state index contributed by atoms with van der Waals surface area (Å²) in [5, 5.41) is 5.36. The summed E-state index contributed by atoms with van der Waals surface area (Å²) in [5.41, 5.74) is 5.28. The molecule has 3 aromatic rings. The van der Waals surface area contributed by atoms with Gasteiger partial charge in [-0.05, 0) is 43.2 Å². The number of aryl methyl sites for hydroxylation is 2. The van der Waals surface area contributed by atoms with Gasteiger partial charge in [0.05, 0.1) is 12.8 Å². The number of carbonyl (C=O) groups is 1. The largest absolute Gasteiger partial charge is 0.497 e. The van der Waals surface area contributed by atoms with Crippen LogP contribution >= 0.6 is 11.3 Å². The molecule has 132 valence electrons. The molecule has 0 saturated carbocycles. The molecule has 0 fully saturated rings. The van der Waals surface area contributed by atoms with E-state index in [1.807, 2.05) is 29.6 Å². The lowest BCUT2D eigenvalue weighted by atomic mass is 10.0. The Kier molecular flexibility index (Phi) is 5.49. The van der Waals surface area contributed by atoms with Crippen LogP contribution in [-0.2, 0) is 4.79 Å². The molecule has 0 atom stereocenters. The molecule has 0 saturated heterocycles. The summed E-state index contributed by atoms with van der Waals surface area (Å²) in [6, 6.07) is 13.8. The number of ether oxygens (including phenoxy) is 1. The summed E-state index contributed by atoms with van der Waals surface area (Å²) in [4.78, 5) is 16.6. The van der Waals surface area contributed by atoms with E-state index in [-0.39, 0.29) is 5.91 Å². The molecule has 0 aliphatic carbocycles. The van der Waals surface area contributed by atoms with E-state index in [9.17, 15) is 4.79 Å². The molecule has 4 nitrogen and oxygen atoms in total. The second-order valence-electron chi connectivity index (χ2n) is 5.95. The Morgan fingerprint density at radius 3 is 2.62 bits per heavy atom. The number of hydrogen-bond donors (Lipinski definition) is 1. The maximum absolute atomic E-state index is 12.1. The third-order valence-corrected chi connectivity index (χ3v) is 4.69. The Labute approximate surface area is 157 Å². The number of rotatable bonds is 5. The maximum Gasteiger partial charge on any atom is 0.250 e. The molecule has 0 unspecified atom stereocenters. The van der Waals surface area contributed by atoms with Crippen LogP contribution in [0.2, 0.25) is 0 Å². The van der Waals surface area contributed by atoms with Crippen molar-refractivity contribution in [2.75, 3.05) is 12.4 Å². The second kappa shape index (κ2) is 7.97. The Balaban J connectivity index is 1.66. The van der Waals surface area contributed by atoms with Crippen LogP contribution in [0.15, 0.2) is 53.9 Å².